The lowest BCUT2D eigenvalue weighted by molar-refractivity contribution is -0.184. The van der Waals surface area contributed by atoms with E-state index in [9.17, 15) is 4.79 Å². The Morgan fingerprint density at radius 1 is 1.55 bits per heavy atom. The quantitative estimate of drug-likeness (QED) is 0.527. The van der Waals surface area contributed by atoms with Crippen molar-refractivity contribution in [3.8, 4) is 0 Å². The summed E-state index contributed by atoms with van der Waals surface area (Å²) in [4.78, 5) is 11.4. The highest BCUT2D eigenvalue weighted by Crippen LogP contribution is 2.47. The second-order valence-electron chi connectivity index (χ2n) is 4.13. The van der Waals surface area contributed by atoms with Crippen molar-refractivity contribution in [3.05, 3.63) is 0 Å². The van der Waals surface area contributed by atoms with Crippen molar-refractivity contribution in [2.75, 3.05) is 6.61 Å². The normalized spacial score (nSPS) is 41.1. The van der Waals surface area contributed by atoms with Crippen LogP contribution in [0, 0.1) is 11.3 Å². The smallest absolute Gasteiger partial charge is 0.146 e. The molecule has 2 fully saturated rings. The fraction of sp³-hybridized carbons (Fsp3) is 0.889. The van der Waals surface area contributed by atoms with Gasteiger partial charge < -0.3 is 4.74 Å². The molecule has 0 N–H and O–H groups in total. The van der Waals surface area contributed by atoms with Crippen LogP contribution in [-0.2, 0) is 9.53 Å². The number of fused-ring (bicyclic) bond motifs is 1. The molecule has 2 rings (SSSR count). The summed E-state index contributed by atoms with van der Waals surface area (Å²) in [5, 5.41) is 0. The lowest BCUT2D eigenvalue weighted by atomic mass is 9.58. The molecule has 0 aromatic heterocycles. The molecular weight excluding hydrogens is 140 g/mol. The standard InChI is InChI=1S/C9H14O2/c1-9(2)7(10)6-4-3-5-11-8(6)9/h6,8H,3-5H2,1-2H3. The Labute approximate surface area is 66.9 Å². The van der Waals surface area contributed by atoms with Gasteiger partial charge in [-0.2, -0.15) is 0 Å². The molecule has 2 nitrogen and oxygen atoms in total. The summed E-state index contributed by atoms with van der Waals surface area (Å²) in [5.74, 6) is 0.640. The van der Waals surface area contributed by atoms with Crippen molar-refractivity contribution >= 4 is 5.78 Å². The number of carbonyl (C=O) groups is 1. The van der Waals surface area contributed by atoms with Gasteiger partial charge in [0, 0.05) is 12.5 Å². The molecule has 1 heterocycles. The molecule has 0 aromatic rings. The minimum absolute atomic E-state index is 0.189. The number of carbonyl (C=O) groups excluding carboxylic acids is 1. The van der Waals surface area contributed by atoms with Crippen LogP contribution in [0.4, 0.5) is 0 Å². The first-order chi connectivity index (χ1) is 5.14. The van der Waals surface area contributed by atoms with E-state index in [1.165, 1.54) is 0 Å². The third-order valence-corrected chi connectivity index (χ3v) is 3.01. The average Bonchev–Trinajstić information content (AvgIpc) is 2.04. The van der Waals surface area contributed by atoms with Gasteiger partial charge in [0.15, 0.2) is 0 Å². The van der Waals surface area contributed by atoms with Crippen molar-refractivity contribution in [2.24, 2.45) is 11.3 Å². The molecule has 2 atom stereocenters. The topological polar surface area (TPSA) is 26.3 Å². The van der Waals surface area contributed by atoms with E-state index in [0.717, 1.165) is 19.4 Å². The van der Waals surface area contributed by atoms with Crippen LogP contribution in [0.25, 0.3) is 0 Å². The Morgan fingerprint density at radius 2 is 2.27 bits per heavy atom. The van der Waals surface area contributed by atoms with Crippen molar-refractivity contribution in [1.29, 1.82) is 0 Å². The monoisotopic (exact) mass is 154 g/mol. The predicted molar refractivity (Wildman–Crippen MR) is 41.3 cm³/mol. The Bertz CT molecular complexity index is 196. The molecule has 0 radical (unpaired) electrons. The summed E-state index contributed by atoms with van der Waals surface area (Å²) >= 11 is 0. The zero-order chi connectivity index (χ0) is 8.06. The molecule has 2 aliphatic rings. The zero-order valence-electron chi connectivity index (χ0n) is 7.09. The molecule has 1 saturated carbocycles. The van der Waals surface area contributed by atoms with E-state index < -0.39 is 0 Å². The maximum Gasteiger partial charge on any atom is 0.146 e. The van der Waals surface area contributed by atoms with Gasteiger partial charge in [-0.1, -0.05) is 13.8 Å². The molecule has 62 valence electrons. The second-order valence-corrected chi connectivity index (χ2v) is 4.13. The van der Waals surface area contributed by atoms with Crippen molar-refractivity contribution in [3.63, 3.8) is 0 Å². The maximum atomic E-state index is 11.4. The molecule has 1 aliphatic heterocycles. The number of Topliss-reactive ketones (excluding diaryl/α,β-unsaturated/α-hetero) is 1. The first kappa shape index (κ1) is 7.29. The Hall–Kier alpha value is -0.370. The third-order valence-electron chi connectivity index (χ3n) is 3.01. The lowest BCUT2D eigenvalue weighted by Crippen LogP contribution is -2.61. The summed E-state index contributed by atoms with van der Waals surface area (Å²) in [6.07, 6.45) is 2.33. The minimum Gasteiger partial charge on any atom is -0.376 e. The summed E-state index contributed by atoms with van der Waals surface area (Å²) in [7, 11) is 0. The van der Waals surface area contributed by atoms with Crippen LogP contribution in [0.5, 0.6) is 0 Å². The zero-order valence-corrected chi connectivity index (χ0v) is 7.09. The molecule has 0 bridgehead atoms. The van der Waals surface area contributed by atoms with Crippen molar-refractivity contribution < 1.29 is 9.53 Å². The number of ether oxygens (including phenoxy) is 1. The third kappa shape index (κ3) is 0.791. The first-order valence-corrected chi connectivity index (χ1v) is 4.30. The molecule has 2 unspecified atom stereocenters. The van der Waals surface area contributed by atoms with Gasteiger partial charge in [0.1, 0.15) is 5.78 Å². The van der Waals surface area contributed by atoms with E-state index in [0.29, 0.717) is 5.78 Å². The molecule has 2 heteroatoms. The molecular formula is C9H14O2. The molecule has 0 amide bonds. The van der Waals surface area contributed by atoms with E-state index in [1.54, 1.807) is 0 Å². The molecule has 1 saturated heterocycles. The van der Waals surface area contributed by atoms with E-state index in [1.807, 2.05) is 13.8 Å². The summed E-state index contributed by atoms with van der Waals surface area (Å²) in [6, 6.07) is 0. The van der Waals surface area contributed by atoms with Crippen LogP contribution in [0.3, 0.4) is 0 Å². The summed E-state index contributed by atoms with van der Waals surface area (Å²) in [5.41, 5.74) is -0.189. The van der Waals surface area contributed by atoms with E-state index in [-0.39, 0.29) is 17.4 Å². The summed E-state index contributed by atoms with van der Waals surface area (Å²) < 4.78 is 5.54. The fourth-order valence-corrected chi connectivity index (χ4v) is 2.28. The lowest BCUT2D eigenvalue weighted by Gasteiger charge is -2.51. The van der Waals surface area contributed by atoms with Crippen molar-refractivity contribution in [1.82, 2.24) is 0 Å². The van der Waals surface area contributed by atoms with Crippen molar-refractivity contribution in [2.45, 2.75) is 32.8 Å². The van der Waals surface area contributed by atoms with Crippen LogP contribution in [0.1, 0.15) is 26.7 Å². The molecule has 0 aromatic carbocycles. The van der Waals surface area contributed by atoms with Gasteiger partial charge in [0.2, 0.25) is 0 Å². The number of hydrogen-bond acceptors (Lipinski definition) is 2. The highest BCUT2D eigenvalue weighted by molar-refractivity contribution is 5.94. The Kier molecular flexibility index (Phi) is 1.37. The van der Waals surface area contributed by atoms with Crippen LogP contribution in [0.2, 0.25) is 0 Å². The minimum atomic E-state index is -0.189. The first-order valence-electron chi connectivity index (χ1n) is 4.30. The van der Waals surface area contributed by atoms with Gasteiger partial charge in [-0.15, -0.1) is 0 Å². The predicted octanol–water partition coefficient (Wildman–Crippen LogP) is 1.39. The Morgan fingerprint density at radius 3 is 2.91 bits per heavy atom. The van der Waals surface area contributed by atoms with Crippen LogP contribution < -0.4 is 0 Å². The maximum absolute atomic E-state index is 11.4. The van der Waals surface area contributed by atoms with E-state index in [2.05, 4.69) is 0 Å². The van der Waals surface area contributed by atoms with Crippen LogP contribution >= 0.6 is 0 Å². The van der Waals surface area contributed by atoms with Gasteiger partial charge in [-0.25, -0.2) is 0 Å². The second kappa shape index (κ2) is 2.07. The largest absolute Gasteiger partial charge is 0.376 e. The van der Waals surface area contributed by atoms with Gasteiger partial charge in [-0.05, 0) is 12.8 Å². The summed E-state index contributed by atoms with van der Waals surface area (Å²) in [6.45, 7) is 4.82. The van der Waals surface area contributed by atoms with Crippen LogP contribution in [-0.4, -0.2) is 18.5 Å². The van der Waals surface area contributed by atoms with Gasteiger partial charge in [0.05, 0.1) is 11.5 Å². The Balaban J connectivity index is 2.15. The highest BCUT2D eigenvalue weighted by atomic mass is 16.5. The molecule has 11 heavy (non-hydrogen) atoms. The van der Waals surface area contributed by atoms with Gasteiger partial charge in [-0.3, -0.25) is 4.79 Å². The number of rotatable bonds is 0. The SMILES string of the molecule is CC1(C)C(=O)C2CCCOC21. The molecule has 1 aliphatic carbocycles. The number of ketones is 1. The fourth-order valence-electron chi connectivity index (χ4n) is 2.28. The van der Waals surface area contributed by atoms with Crippen LogP contribution in [0.15, 0.2) is 0 Å². The van der Waals surface area contributed by atoms with E-state index >= 15 is 0 Å². The van der Waals surface area contributed by atoms with E-state index in [4.69, 9.17) is 4.74 Å². The van der Waals surface area contributed by atoms with Gasteiger partial charge >= 0.3 is 0 Å². The average molecular weight is 154 g/mol. The van der Waals surface area contributed by atoms with Gasteiger partial charge in [0.25, 0.3) is 0 Å². The molecule has 0 spiro atoms. The highest BCUT2D eigenvalue weighted by Gasteiger charge is 2.57. The number of hydrogen-bond donors (Lipinski definition) is 0.